The Kier molecular flexibility index (Phi) is 2.80. The number of carbonyl (C=O) groups excluding carboxylic acids is 1. The van der Waals surface area contributed by atoms with E-state index < -0.39 is 15.8 Å². The molecule has 0 aliphatic carbocycles. The van der Waals surface area contributed by atoms with E-state index >= 15 is 0 Å². The Morgan fingerprint density at radius 2 is 2.25 bits per heavy atom. The van der Waals surface area contributed by atoms with Crippen LogP contribution >= 0.6 is 11.3 Å². The summed E-state index contributed by atoms with van der Waals surface area (Å²) in [5.74, 6) is -0.844. The molecule has 3 N–H and O–H groups in total. The number of nitrogen functional groups attached to an aromatic ring is 1. The van der Waals surface area contributed by atoms with E-state index in [1.807, 2.05) is 0 Å². The Morgan fingerprint density at radius 1 is 1.50 bits per heavy atom. The van der Waals surface area contributed by atoms with Crippen molar-refractivity contribution in [2.24, 2.45) is 5.92 Å². The highest BCUT2D eigenvalue weighted by molar-refractivity contribution is 7.91. The number of aromatic nitrogens is 2. The number of amides is 1. The fraction of sp³-hybridized carbons (Fsp3) is 0.571. The molecule has 0 bridgehead atoms. The minimum Gasteiger partial charge on any atom is -0.374 e. The lowest BCUT2D eigenvalue weighted by Crippen LogP contribution is -2.23. The normalized spacial score (nSPS) is 23.1. The van der Waals surface area contributed by atoms with Gasteiger partial charge in [0.1, 0.15) is 0 Å². The number of anilines is 2. The number of sulfone groups is 1. The number of hydrogen-bond donors (Lipinski definition) is 2. The zero-order valence-corrected chi connectivity index (χ0v) is 9.84. The third-order valence-electron chi connectivity index (χ3n) is 2.27. The van der Waals surface area contributed by atoms with Gasteiger partial charge in [-0.1, -0.05) is 11.3 Å². The zero-order chi connectivity index (χ0) is 11.8. The van der Waals surface area contributed by atoms with Crippen molar-refractivity contribution in [3.63, 3.8) is 0 Å². The molecule has 1 amide bonds. The van der Waals surface area contributed by atoms with Crippen molar-refractivity contribution in [1.82, 2.24) is 10.2 Å². The third kappa shape index (κ3) is 2.47. The van der Waals surface area contributed by atoms with E-state index in [4.69, 9.17) is 5.73 Å². The van der Waals surface area contributed by atoms with Crippen molar-refractivity contribution in [3.8, 4) is 0 Å². The van der Waals surface area contributed by atoms with Crippen LogP contribution in [0.3, 0.4) is 0 Å². The molecule has 2 rings (SSSR count). The Morgan fingerprint density at radius 3 is 2.75 bits per heavy atom. The second-order valence-electron chi connectivity index (χ2n) is 3.53. The molecular formula is C7H10N4O3S2. The van der Waals surface area contributed by atoms with Crippen molar-refractivity contribution in [3.05, 3.63) is 0 Å². The molecule has 1 aliphatic heterocycles. The summed E-state index contributed by atoms with van der Waals surface area (Å²) in [5.41, 5.74) is 5.35. The molecule has 0 spiro atoms. The molecule has 9 heteroatoms. The number of nitrogens with zero attached hydrogens (tertiary/aromatic N) is 2. The van der Waals surface area contributed by atoms with Crippen LogP contribution in [0.4, 0.5) is 10.3 Å². The van der Waals surface area contributed by atoms with E-state index in [1.165, 1.54) is 0 Å². The van der Waals surface area contributed by atoms with Crippen LogP contribution in [0.15, 0.2) is 0 Å². The molecule has 1 saturated heterocycles. The lowest BCUT2D eigenvalue weighted by atomic mass is 10.1. The number of nitrogens with two attached hydrogens (primary N) is 1. The van der Waals surface area contributed by atoms with Gasteiger partial charge >= 0.3 is 0 Å². The number of carbonyl (C=O) groups is 1. The van der Waals surface area contributed by atoms with Crippen LogP contribution in [0.25, 0.3) is 0 Å². The van der Waals surface area contributed by atoms with Crippen molar-refractivity contribution < 1.29 is 13.2 Å². The van der Waals surface area contributed by atoms with Crippen molar-refractivity contribution >= 4 is 37.3 Å². The van der Waals surface area contributed by atoms with Crippen LogP contribution in [-0.2, 0) is 14.6 Å². The smallest absolute Gasteiger partial charge is 0.230 e. The number of rotatable bonds is 2. The summed E-state index contributed by atoms with van der Waals surface area (Å²) >= 11 is 1.05. The quantitative estimate of drug-likeness (QED) is 0.742. The van der Waals surface area contributed by atoms with E-state index in [0.29, 0.717) is 11.6 Å². The standard InChI is InChI=1S/C7H10N4O3S2/c8-6-10-11-7(15-6)9-5(12)4-1-2-16(13,14)3-4/h4H,1-3H2,(H2,8,10)(H,9,11,12). The lowest BCUT2D eigenvalue weighted by molar-refractivity contribution is -0.119. The van der Waals surface area contributed by atoms with Gasteiger partial charge < -0.3 is 11.1 Å². The molecular weight excluding hydrogens is 252 g/mol. The van der Waals surface area contributed by atoms with Crippen LogP contribution in [0.5, 0.6) is 0 Å². The summed E-state index contributed by atoms with van der Waals surface area (Å²) in [4.78, 5) is 11.6. The highest BCUT2D eigenvalue weighted by Gasteiger charge is 2.33. The van der Waals surface area contributed by atoms with Crippen LogP contribution in [0.1, 0.15) is 6.42 Å². The van der Waals surface area contributed by atoms with E-state index in [-0.39, 0.29) is 22.5 Å². The highest BCUT2D eigenvalue weighted by Crippen LogP contribution is 2.22. The molecule has 16 heavy (non-hydrogen) atoms. The Balaban J connectivity index is 1.99. The van der Waals surface area contributed by atoms with Gasteiger partial charge in [-0.25, -0.2) is 8.42 Å². The molecule has 88 valence electrons. The molecule has 1 aromatic heterocycles. The summed E-state index contributed by atoms with van der Waals surface area (Å²) in [6.45, 7) is 0. The van der Waals surface area contributed by atoms with Gasteiger partial charge in [-0.15, -0.1) is 10.2 Å². The van der Waals surface area contributed by atoms with Crippen LogP contribution in [-0.4, -0.2) is 36.0 Å². The van der Waals surface area contributed by atoms with Gasteiger partial charge in [0, 0.05) is 0 Å². The second kappa shape index (κ2) is 3.98. The van der Waals surface area contributed by atoms with E-state index in [2.05, 4.69) is 15.5 Å². The maximum absolute atomic E-state index is 11.6. The number of nitrogens with one attached hydrogen (secondary N) is 1. The van der Waals surface area contributed by atoms with E-state index in [9.17, 15) is 13.2 Å². The maximum Gasteiger partial charge on any atom is 0.230 e. The fourth-order valence-corrected chi connectivity index (χ4v) is 3.75. The number of hydrogen-bond acceptors (Lipinski definition) is 7. The van der Waals surface area contributed by atoms with Gasteiger partial charge in [0.25, 0.3) is 0 Å². The first-order valence-electron chi connectivity index (χ1n) is 4.56. The lowest BCUT2D eigenvalue weighted by Gasteiger charge is -2.05. The van der Waals surface area contributed by atoms with Crippen LogP contribution in [0.2, 0.25) is 0 Å². The molecule has 1 aromatic rings. The Labute approximate surface area is 96.0 Å². The van der Waals surface area contributed by atoms with Crippen molar-refractivity contribution in [1.29, 1.82) is 0 Å². The highest BCUT2D eigenvalue weighted by atomic mass is 32.2. The predicted octanol–water partition coefficient (Wildman–Crippen LogP) is -0.507. The molecule has 1 unspecified atom stereocenters. The summed E-state index contributed by atoms with van der Waals surface area (Å²) in [6.07, 6.45) is 0.364. The average Bonchev–Trinajstić information content (AvgIpc) is 2.72. The van der Waals surface area contributed by atoms with Gasteiger partial charge in [0.2, 0.25) is 16.2 Å². The van der Waals surface area contributed by atoms with Gasteiger partial charge in [-0.3, -0.25) is 4.79 Å². The van der Waals surface area contributed by atoms with Gasteiger partial charge in [-0.2, -0.15) is 0 Å². The molecule has 7 nitrogen and oxygen atoms in total. The molecule has 2 heterocycles. The summed E-state index contributed by atoms with van der Waals surface area (Å²) in [7, 11) is -3.05. The fourth-order valence-electron chi connectivity index (χ4n) is 1.49. The molecule has 1 aliphatic rings. The second-order valence-corrected chi connectivity index (χ2v) is 6.77. The Hall–Kier alpha value is -1.22. The summed E-state index contributed by atoms with van der Waals surface area (Å²) < 4.78 is 22.4. The molecule has 1 atom stereocenters. The SMILES string of the molecule is Nc1nnc(NC(=O)C2CCS(=O)(=O)C2)s1. The first-order chi connectivity index (χ1) is 7.46. The molecule has 0 aromatic carbocycles. The van der Waals surface area contributed by atoms with Gasteiger partial charge in [0.05, 0.1) is 17.4 Å². The topological polar surface area (TPSA) is 115 Å². The summed E-state index contributed by atoms with van der Waals surface area (Å²) in [5, 5.41) is 10.2. The minimum atomic E-state index is -3.05. The maximum atomic E-state index is 11.6. The summed E-state index contributed by atoms with van der Waals surface area (Å²) in [6, 6.07) is 0. The van der Waals surface area contributed by atoms with E-state index in [0.717, 1.165) is 11.3 Å². The molecule has 0 saturated carbocycles. The Bertz CT molecular complexity index is 509. The zero-order valence-electron chi connectivity index (χ0n) is 8.21. The average molecular weight is 262 g/mol. The van der Waals surface area contributed by atoms with Crippen molar-refractivity contribution in [2.45, 2.75) is 6.42 Å². The van der Waals surface area contributed by atoms with Crippen molar-refractivity contribution in [2.75, 3.05) is 22.6 Å². The predicted molar refractivity (Wildman–Crippen MR) is 59.7 cm³/mol. The van der Waals surface area contributed by atoms with Gasteiger partial charge in [-0.05, 0) is 6.42 Å². The monoisotopic (exact) mass is 262 g/mol. The first kappa shape index (κ1) is 11.3. The van der Waals surface area contributed by atoms with Crippen LogP contribution in [0, 0.1) is 5.92 Å². The minimum absolute atomic E-state index is 0.0728. The molecule has 0 radical (unpaired) electrons. The third-order valence-corrected chi connectivity index (χ3v) is 4.71. The largest absolute Gasteiger partial charge is 0.374 e. The van der Waals surface area contributed by atoms with Gasteiger partial charge in [0.15, 0.2) is 9.84 Å². The molecule has 1 fully saturated rings. The first-order valence-corrected chi connectivity index (χ1v) is 7.20. The van der Waals surface area contributed by atoms with Crippen LogP contribution < -0.4 is 11.1 Å². The van der Waals surface area contributed by atoms with E-state index in [1.54, 1.807) is 0 Å².